The molecule has 5 N–H and O–H groups in total. The number of hydrogen-bond acceptors (Lipinski definition) is 6. The highest BCUT2D eigenvalue weighted by atomic mass is 16.5. The number of rotatable bonds is 13. The third-order valence-electron chi connectivity index (χ3n) is 7.36. The first kappa shape index (κ1) is 29.6. The van der Waals surface area contributed by atoms with Gasteiger partial charge in [-0.25, -0.2) is 0 Å². The summed E-state index contributed by atoms with van der Waals surface area (Å²) in [6.45, 7) is 4.94. The first-order chi connectivity index (χ1) is 19.8. The van der Waals surface area contributed by atoms with Crippen LogP contribution in [0.4, 0.5) is 0 Å². The Morgan fingerprint density at radius 3 is 2.56 bits per heavy atom. The number of carbonyl (C=O) groups excluding carboxylic acids is 3. The van der Waals surface area contributed by atoms with Crippen LogP contribution < -0.4 is 26.0 Å². The minimum absolute atomic E-state index is 0.0785. The number of ether oxygens (including phenoxy) is 1. The van der Waals surface area contributed by atoms with E-state index in [1.54, 1.807) is 13.2 Å². The molecule has 10 heteroatoms. The molecular weight excluding hydrogens is 520 g/mol. The van der Waals surface area contributed by atoms with E-state index < -0.39 is 29.9 Å². The number of nitriles is 1. The molecule has 1 fully saturated rings. The van der Waals surface area contributed by atoms with E-state index >= 15 is 0 Å². The third kappa shape index (κ3) is 7.64. The summed E-state index contributed by atoms with van der Waals surface area (Å²) in [5.74, 6) is -0.463. The first-order valence-electron chi connectivity index (χ1n) is 14.0. The number of nitrogens with zero attached hydrogens (tertiary/aromatic N) is 1. The van der Waals surface area contributed by atoms with Crippen LogP contribution in [0, 0.1) is 23.2 Å². The molecule has 1 aliphatic heterocycles. The average molecular weight is 559 g/mol. The van der Waals surface area contributed by atoms with Crippen molar-refractivity contribution in [1.82, 2.24) is 26.3 Å². The standard InChI is InChI=1S/C31H38N6O4/c1-19(2)14-25(37-31(40)26-16-22-23(35-26)10-7-11-28(22)41-3)30(39)36-24(15-21-12-13-33-29(21)38)27(17-32)34-18-20-8-5-4-6-9-20/h4-11,16,19,21,24-25,27,34-35H,12-15,18H2,1-3H3,(H,33,38)(H,36,39)(H,37,40)/t21-,24?,25?,27?/m0/s1. The Bertz CT molecular complexity index is 1400. The molecule has 3 unspecified atom stereocenters. The molecule has 4 atom stereocenters. The van der Waals surface area contributed by atoms with E-state index in [2.05, 4.69) is 32.3 Å². The van der Waals surface area contributed by atoms with Gasteiger partial charge in [-0.1, -0.05) is 50.2 Å². The zero-order valence-corrected chi connectivity index (χ0v) is 23.7. The lowest BCUT2D eigenvalue weighted by Gasteiger charge is -2.29. The lowest BCUT2D eigenvalue weighted by molar-refractivity contribution is -0.126. The van der Waals surface area contributed by atoms with Crippen LogP contribution >= 0.6 is 0 Å². The summed E-state index contributed by atoms with van der Waals surface area (Å²) < 4.78 is 5.40. The smallest absolute Gasteiger partial charge is 0.268 e. The topological polar surface area (TPSA) is 148 Å². The summed E-state index contributed by atoms with van der Waals surface area (Å²) in [6.07, 6.45) is 1.34. The van der Waals surface area contributed by atoms with Crippen molar-refractivity contribution in [2.45, 2.75) is 57.8 Å². The normalized spacial score (nSPS) is 17.0. The summed E-state index contributed by atoms with van der Waals surface area (Å²) in [5, 5.41) is 22.8. The number of amides is 3. The van der Waals surface area contributed by atoms with Gasteiger partial charge in [-0.2, -0.15) is 5.26 Å². The number of nitrogens with one attached hydrogen (secondary N) is 5. The molecule has 4 rings (SSSR count). The summed E-state index contributed by atoms with van der Waals surface area (Å²) in [4.78, 5) is 42.5. The highest BCUT2D eigenvalue weighted by Crippen LogP contribution is 2.26. The van der Waals surface area contributed by atoms with Gasteiger partial charge in [-0.15, -0.1) is 0 Å². The van der Waals surface area contributed by atoms with Gasteiger partial charge in [0.25, 0.3) is 5.91 Å². The van der Waals surface area contributed by atoms with Crippen LogP contribution in [0.1, 0.15) is 49.2 Å². The predicted molar refractivity (Wildman–Crippen MR) is 156 cm³/mol. The van der Waals surface area contributed by atoms with E-state index in [1.165, 1.54) is 0 Å². The molecule has 0 aliphatic carbocycles. The average Bonchev–Trinajstić information content (AvgIpc) is 3.59. The van der Waals surface area contributed by atoms with Gasteiger partial charge in [0.05, 0.1) is 19.2 Å². The highest BCUT2D eigenvalue weighted by Gasteiger charge is 2.34. The molecule has 41 heavy (non-hydrogen) atoms. The molecule has 3 amide bonds. The number of hydrogen-bond donors (Lipinski definition) is 5. The summed E-state index contributed by atoms with van der Waals surface area (Å²) in [5.41, 5.74) is 2.05. The van der Waals surface area contributed by atoms with Crippen molar-refractivity contribution in [1.29, 1.82) is 5.26 Å². The zero-order chi connectivity index (χ0) is 29.4. The molecule has 3 aromatic rings. The fourth-order valence-electron chi connectivity index (χ4n) is 5.21. The fourth-order valence-corrected chi connectivity index (χ4v) is 5.21. The lowest BCUT2D eigenvalue weighted by atomic mass is 9.93. The van der Waals surface area contributed by atoms with E-state index in [9.17, 15) is 19.6 Å². The van der Waals surface area contributed by atoms with E-state index in [0.717, 1.165) is 16.5 Å². The van der Waals surface area contributed by atoms with Crippen molar-refractivity contribution < 1.29 is 19.1 Å². The highest BCUT2D eigenvalue weighted by molar-refractivity contribution is 6.01. The number of fused-ring (bicyclic) bond motifs is 1. The number of H-pyrrole nitrogens is 1. The van der Waals surface area contributed by atoms with Gasteiger partial charge in [-0.05, 0) is 48.9 Å². The first-order valence-corrected chi connectivity index (χ1v) is 14.0. The van der Waals surface area contributed by atoms with Crippen LogP contribution in [0.15, 0.2) is 54.6 Å². The van der Waals surface area contributed by atoms with Crippen molar-refractivity contribution in [2.24, 2.45) is 11.8 Å². The molecule has 1 aliphatic rings. The molecule has 216 valence electrons. The molecule has 0 bridgehead atoms. The Hall–Kier alpha value is -4.36. The molecule has 2 aromatic carbocycles. The molecule has 2 heterocycles. The van der Waals surface area contributed by atoms with Crippen LogP contribution in [0.3, 0.4) is 0 Å². The molecule has 10 nitrogen and oxygen atoms in total. The third-order valence-corrected chi connectivity index (χ3v) is 7.36. The van der Waals surface area contributed by atoms with Crippen molar-refractivity contribution in [3.05, 3.63) is 65.9 Å². The monoisotopic (exact) mass is 558 g/mol. The maximum atomic E-state index is 13.7. The summed E-state index contributed by atoms with van der Waals surface area (Å²) in [7, 11) is 1.57. The van der Waals surface area contributed by atoms with Crippen molar-refractivity contribution in [2.75, 3.05) is 13.7 Å². The molecule has 1 aromatic heterocycles. The minimum atomic E-state index is -0.843. The van der Waals surface area contributed by atoms with Gasteiger partial charge in [0, 0.05) is 29.9 Å². The lowest BCUT2D eigenvalue weighted by Crippen LogP contribution is -2.56. The Morgan fingerprint density at radius 2 is 1.90 bits per heavy atom. The summed E-state index contributed by atoms with van der Waals surface area (Å²) in [6, 6.07) is 16.9. The fraction of sp³-hybridized carbons (Fsp3) is 0.419. The Morgan fingerprint density at radius 1 is 1.12 bits per heavy atom. The van der Waals surface area contributed by atoms with Gasteiger partial charge in [0.2, 0.25) is 11.8 Å². The second kappa shape index (κ2) is 13.8. The minimum Gasteiger partial charge on any atom is -0.496 e. The molecular formula is C31H38N6O4. The number of aromatic nitrogens is 1. The predicted octanol–water partition coefficient (Wildman–Crippen LogP) is 3.01. The van der Waals surface area contributed by atoms with Crippen molar-refractivity contribution >= 4 is 28.6 Å². The van der Waals surface area contributed by atoms with Crippen LogP contribution in [0.25, 0.3) is 10.9 Å². The molecule has 0 saturated carbocycles. The zero-order valence-electron chi connectivity index (χ0n) is 23.7. The maximum Gasteiger partial charge on any atom is 0.268 e. The molecule has 1 saturated heterocycles. The SMILES string of the molecule is COc1cccc2[nH]c(C(=O)NC(CC(C)C)C(=O)NC(C[C@@H]3CCNC3=O)C(C#N)NCc3ccccc3)cc12. The number of carbonyl (C=O) groups is 3. The second-order valence-electron chi connectivity index (χ2n) is 10.9. The largest absolute Gasteiger partial charge is 0.496 e. The van der Waals surface area contributed by atoms with Gasteiger partial charge in [0.15, 0.2) is 0 Å². The number of methoxy groups -OCH3 is 1. The summed E-state index contributed by atoms with van der Waals surface area (Å²) >= 11 is 0. The Balaban J connectivity index is 1.52. The Kier molecular flexibility index (Phi) is 9.98. The van der Waals surface area contributed by atoms with Gasteiger partial charge in [0.1, 0.15) is 23.5 Å². The van der Waals surface area contributed by atoms with Crippen LogP contribution in [-0.4, -0.2) is 54.5 Å². The van der Waals surface area contributed by atoms with Crippen LogP contribution in [-0.2, 0) is 16.1 Å². The van der Waals surface area contributed by atoms with Crippen LogP contribution in [0.5, 0.6) is 5.75 Å². The second-order valence-corrected chi connectivity index (χ2v) is 10.9. The van der Waals surface area contributed by atoms with Gasteiger partial charge < -0.3 is 25.7 Å². The molecule has 0 radical (unpaired) electrons. The van der Waals surface area contributed by atoms with Gasteiger partial charge >= 0.3 is 0 Å². The quantitative estimate of drug-likeness (QED) is 0.218. The Labute approximate surface area is 240 Å². The van der Waals surface area contributed by atoms with Crippen molar-refractivity contribution in [3.8, 4) is 11.8 Å². The van der Waals surface area contributed by atoms with E-state index in [1.807, 2.05) is 62.4 Å². The molecule has 0 spiro atoms. The number of aromatic amines is 1. The van der Waals surface area contributed by atoms with E-state index in [4.69, 9.17) is 4.74 Å². The number of benzene rings is 2. The maximum absolute atomic E-state index is 13.7. The van der Waals surface area contributed by atoms with E-state index in [-0.39, 0.29) is 17.7 Å². The van der Waals surface area contributed by atoms with E-state index in [0.29, 0.717) is 43.8 Å². The van der Waals surface area contributed by atoms with Crippen LogP contribution in [0.2, 0.25) is 0 Å². The van der Waals surface area contributed by atoms with Crippen molar-refractivity contribution in [3.63, 3.8) is 0 Å². The van der Waals surface area contributed by atoms with Gasteiger partial charge in [-0.3, -0.25) is 19.7 Å².